The number of nitrogens with zero attached hydrogens (tertiary/aromatic N) is 2. The first kappa shape index (κ1) is 14.3. The van der Waals surface area contributed by atoms with Gasteiger partial charge in [0.2, 0.25) is 0 Å². The van der Waals surface area contributed by atoms with Crippen LogP contribution in [0.4, 0.5) is 5.69 Å². The predicted octanol–water partition coefficient (Wildman–Crippen LogP) is 2.02. The number of nitrogens with one attached hydrogen (secondary N) is 1. The van der Waals surface area contributed by atoms with Gasteiger partial charge >= 0.3 is 0 Å². The van der Waals surface area contributed by atoms with Crippen molar-refractivity contribution in [3.05, 3.63) is 24.3 Å². The normalized spacial score (nSPS) is 11.7. The molecule has 1 aromatic rings. The molecule has 0 saturated carbocycles. The Kier molecular flexibility index (Phi) is 6.03. The second-order valence-corrected chi connectivity index (χ2v) is 4.15. The first-order valence-corrected chi connectivity index (χ1v) is 6.19. The highest BCUT2D eigenvalue weighted by molar-refractivity contribution is 5.50. The van der Waals surface area contributed by atoms with Gasteiger partial charge in [-0.1, -0.05) is 13.0 Å². The molecule has 0 radical (unpaired) electrons. The van der Waals surface area contributed by atoms with Crippen LogP contribution in [0.3, 0.4) is 0 Å². The number of rotatable bonds is 7. The van der Waals surface area contributed by atoms with Crippen LogP contribution < -0.4 is 15.0 Å². The molecule has 1 aromatic carbocycles. The number of nitriles is 1. The van der Waals surface area contributed by atoms with E-state index in [0.717, 1.165) is 30.9 Å². The predicted molar refractivity (Wildman–Crippen MR) is 74.0 cm³/mol. The van der Waals surface area contributed by atoms with Crippen LogP contribution in [-0.2, 0) is 0 Å². The fourth-order valence-corrected chi connectivity index (χ4v) is 1.76. The topological polar surface area (TPSA) is 48.3 Å². The molecular formula is C14H21N3O. The number of methoxy groups -OCH3 is 1. The molecule has 4 heteroatoms. The zero-order valence-corrected chi connectivity index (χ0v) is 11.3. The number of hydrogen-bond acceptors (Lipinski definition) is 4. The summed E-state index contributed by atoms with van der Waals surface area (Å²) in [4.78, 5) is 2.13. The van der Waals surface area contributed by atoms with E-state index in [-0.39, 0.29) is 6.04 Å². The van der Waals surface area contributed by atoms with Crippen molar-refractivity contribution in [3.63, 3.8) is 0 Å². The van der Waals surface area contributed by atoms with Crippen LogP contribution in [0.5, 0.6) is 5.75 Å². The molecule has 0 aliphatic heterocycles. The van der Waals surface area contributed by atoms with E-state index in [0.29, 0.717) is 0 Å². The molecule has 0 bridgehead atoms. The third-order valence-corrected chi connectivity index (χ3v) is 2.85. The summed E-state index contributed by atoms with van der Waals surface area (Å²) in [6.07, 6.45) is 0.804. The molecule has 1 rings (SSSR count). The van der Waals surface area contributed by atoms with Crippen LogP contribution in [0.2, 0.25) is 0 Å². The van der Waals surface area contributed by atoms with Crippen LogP contribution in [0.15, 0.2) is 24.3 Å². The van der Waals surface area contributed by atoms with E-state index in [2.05, 4.69) is 16.3 Å². The summed E-state index contributed by atoms with van der Waals surface area (Å²) in [5, 5.41) is 12.1. The summed E-state index contributed by atoms with van der Waals surface area (Å²) in [5.41, 5.74) is 1.10. The van der Waals surface area contributed by atoms with Crippen molar-refractivity contribution >= 4 is 5.69 Å². The Balaban J connectivity index is 2.54. The zero-order chi connectivity index (χ0) is 13.4. The lowest BCUT2D eigenvalue weighted by Crippen LogP contribution is -2.31. The minimum atomic E-state index is -0.0805. The Bertz CT molecular complexity index is 400. The van der Waals surface area contributed by atoms with Gasteiger partial charge in [0.05, 0.1) is 19.2 Å². The van der Waals surface area contributed by atoms with E-state index in [1.165, 1.54) is 0 Å². The highest BCUT2D eigenvalue weighted by Crippen LogP contribution is 2.19. The number of hydrogen-bond donors (Lipinski definition) is 1. The first-order chi connectivity index (χ1) is 8.71. The van der Waals surface area contributed by atoms with E-state index in [4.69, 9.17) is 10.00 Å². The average molecular weight is 247 g/mol. The molecule has 0 amide bonds. The van der Waals surface area contributed by atoms with Gasteiger partial charge in [0, 0.05) is 25.3 Å². The highest BCUT2D eigenvalue weighted by atomic mass is 16.5. The molecule has 0 saturated heterocycles. The maximum atomic E-state index is 8.97. The molecule has 1 unspecified atom stereocenters. The van der Waals surface area contributed by atoms with Crippen molar-refractivity contribution < 1.29 is 4.74 Å². The van der Waals surface area contributed by atoms with Gasteiger partial charge in [-0.05, 0) is 25.1 Å². The van der Waals surface area contributed by atoms with Crippen molar-refractivity contribution in [2.45, 2.75) is 19.4 Å². The van der Waals surface area contributed by atoms with Crippen LogP contribution in [0.1, 0.15) is 13.3 Å². The van der Waals surface area contributed by atoms with Gasteiger partial charge in [0.25, 0.3) is 0 Å². The fourth-order valence-electron chi connectivity index (χ4n) is 1.76. The van der Waals surface area contributed by atoms with Crippen LogP contribution in [-0.4, -0.2) is 33.3 Å². The Labute approximate surface area is 109 Å². The van der Waals surface area contributed by atoms with Crippen molar-refractivity contribution in [1.29, 1.82) is 5.26 Å². The van der Waals surface area contributed by atoms with E-state index < -0.39 is 0 Å². The summed E-state index contributed by atoms with van der Waals surface area (Å²) in [6, 6.07) is 10.1. The first-order valence-electron chi connectivity index (χ1n) is 6.19. The lowest BCUT2D eigenvalue weighted by atomic mass is 10.2. The Morgan fingerprint density at radius 1 is 1.50 bits per heavy atom. The van der Waals surface area contributed by atoms with E-state index in [1.807, 2.05) is 38.2 Å². The number of anilines is 1. The Morgan fingerprint density at radius 3 is 2.89 bits per heavy atom. The molecule has 1 atom stereocenters. The summed E-state index contributed by atoms with van der Waals surface area (Å²) in [7, 11) is 3.69. The molecule has 1 N–H and O–H groups in total. The lowest BCUT2D eigenvalue weighted by Gasteiger charge is -2.21. The van der Waals surface area contributed by atoms with Crippen molar-refractivity contribution in [2.24, 2.45) is 0 Å². The Morgan fingerprint density at radius 2 is 2.28 bits per heavy atom. The molecule has 4 nitrogen and oxygen atoms in total. The third-order valence-electron chi connectivity index (χ3n) is 2.85. The van der Waals surface area contributed by atoms with Gasteiger partial charge in [-0.2, -0.15) is 5.26 Å². The van der Waals surface area contributed by atoms with Gasteiger partial charge in [-0.15, -0.1) is 0 Å². The summed E-state index contributed by atoms with van der Waals surface area (Å²) < 4.78 is 5.20. The molecular weight excluding hydrogens is 226 g/mol. The molecule has 0 heterocycles. The van der Waals surface area contributed by atoms with Crippen molar-refractivity contribution in [2.75, 3.05) is 32.1 Å². The molecule has 0 aliphatic carbocycles. The summed E-state index contributed by atoms with van der Waals surface area (Å²) in [6.45, 7) is 3.66. The van der Waals surface area contributed by atoms with E-state index in [9.17, 15) is 0 Å². The molecule has 98 valence electrons. The van der Waals surface area contributed by atoms with Gasteiger partial charge in [0.1, 0.15) is 5.75 Å². The van der Waals surface area contributed by atoms with Crippen molar-refractivity contribution in [1.82, 2.24) is 5.32 Å². The zero-order valence-electron chi connectivity index (χ0n) is 11.3. The Hall–Kier alpha value is -1.73. The van der Waals surface area contributed by atoms with E-state index in [1.54, 1.807) is 7.11 Å². The maximum absolute atomic E-state index is 8.97. The average Bonchev–Trinajstić information content (AvgIpc) is 2.43. The minimum Gasteiger partial charge on any atom is -0.497 e. The van der Waals surface area contributed by atoms with Gasteiger partial charge < -0.3 is 15.0 Å². The number of ether oxygens (including phenoxy) is 1. The minimum absolute atomic E-state index is 0.0805. The third kappa shape index (κ3) is 4.27. The highest BCUT2D eigenvalue weighted by Gasteiger charge is 2.08. The molecule has 0 aromatic heterocycles. The molecule has 0 fully saturated rings. The SMILES string of the molecule is CCNC(C#N)CCN(C)c1cccc(OC)c1. The van der Waals surface area contributed by atoms with Gasteiger partial charge in [-0.3, -0.25) is 0 Å². The number of benzene rings is 1. The van der Waals surface area contributed by atoms with Crippen molar-refractivity contribution in [3.8, 4) is 11.8 Å². The summed E-state index contributed by atoms with van der Waals surface area (Å²) in [5.74, 6) is 0.850. The summed E-state index contributed by atoms with van der Waals surface area (Å²) >= 11 is 0. The largest absolute Gasteiger partial charge is 0.497 e. The second-order valence-electron chi connectivity index (χ2n) is 4.15. The second kappa shape index (κ2) is 7.57. The quantitative estimate of drug-likeness (QED) is 0.801. The van der Waals surface area contributed by atoms with Gasteiger partial charge in [0.15, 0.2) is 0 Å². The lowest BCUT2D eigenvalue weighted by molar-refractivity contribution is 0.415. The van der Waals surface area contributed by atoms with Gasteiger partial charge in [-0.25, -0.2) is 0 Å². The van der Waals surface area contributed by atoms with E-state index >= 15 is 0 Å². The molecule has 0 aliphatic rings. The fraction of sp³-hybridized carbons (Fsp3) is 0.500. The van der Waals surface area contributed by atoms with Crippen LogP contribution in [0, 0.1) is 11.3 Å². The van der Waals surface area contributed by atoms with Crippen LogP contribution in [0.25, 0.3) is 0 Å². The standard InChI is InChI=1S/C14H21N3O/c1-4-16-12(11-15)8-9-17(2)13-6-5-7-14(10-13)18-3/h5-7,10,12,16H,4,8-9H2,1-3H3. The van der Waals surface area contributed by atoms with Crippen LogP contribution >= 0.6 is 0 Å². The maximum Gasteiger partial charge on any atom is 0.120 e. The monoisotopic (exact) mass is 247 g/mol. The molecule has 0 spiro atoms. The molecule has 18 heavy (non-hydrogen) atoms. The smallest absolute Gasteiger partial charge is 0.120 e.